The van der Waals surface area contributed by atoms with Crippen molar-refractivity contribution >= 4 is 6.29 Å². The zero-order chi connectivity index (χ0) is 22.1. The highest BCUT2D eigenvalue weighted by Crippen LogP contribution is 2.14. The van der Waals surface area contributed by atoms with E-state index in [2.05, 4.69) is 5.32 Å². The molecule has 0 saturated heterocycles. The number of rotatable bonds is 20. The Bertz CT molecular complexity index is 300. The standard InChI is InChI=1S/C21H43NO.C5H12O/c1-22-20-18-16-14-12-10-8-6-4-2-3-5-7-9-11-13-15-17-19-21-23;1-5(2,3)6-4/h21-22H,2-20H2,1H3;1-4H3. The average Bonchev–Trinajstić information content (AvgIpc) is 2.69. The Morgan fingerprint density at radius 3 is 1.14 bits per heavy atom. The molecular formula is C26H55NO2. The number of methoxy groups -OCH3 is 1. The number of carbonyl (C=O) groups is 1. The molecule has 29 heavy (non-hydrogen) atoms. The normalized spacial score (nSPS) is 11.2. The van der Waals surface area contributed by atoms with Gasteiger partial charge in [-0.2, -0.15) is 0 Å². The lowest BCUT2D eigenvalue weighted by atomic mass is 10.0. The van der Waals surface area contributed by atoms with Crippen molar-refractivity contribution in [3.8, 4) is 0 Å². The van der Waals surface area contributed by atoms with E-state index in [1.54, 1.807) is 7.11 Å². The number of hydrogen-bond acceptors (Lipinski definition) is 3. The number of hydrogen-bond donors (Lipinski definition) is 1. The number of unbranched alkanes of at least 4 members (excludes halogenated alkanes) is 17. The maximum Gasteiger partial charge on any atom is 0.119 e. The van der Waals surface area contributed by atoms with Crippen molar-refractivity contribution in [1.82, 2.24) is 5.32 Å². The van der Waals surface area contributed by atoms with Crippen molar-refractivity contribution in [2.24, 2.45) is 0 Å². The summed E-state index contributed by atoms with van der Waals surface area (Å²) < 4.78 is 4.94. The van der Waals surface area contributed by atoms with Gasteiger partial charge in [-0.3, -0.25) is 0 Å². The van der Waals surface area contributed by atoms with Gasteiger partial charge in [-0.1, -0.05) is 96.3 Å². The molecule has 0 atom stereocenters. The van der Waals surface area contributed by atoms with Crippen LogP contribution in [0.1, 0.15) is 136 Å². The van der Waals surface area contributed by atoms with Gasteiger partial charge in [0.1, 0.15) is 6.29 Å². The molecule has 0 amide bonds. The number of ether oxygens (including phenoxy) is 1. The van der Waals surface area contributed by atoms with Crippen LogP contribution in [0.3, 0.4) is 0 Å². The summed E-state index contributed by atoms with van der Waals surface area (Å²) in [5.74, 6) is 0. The van der Waals surface area contributed by atoms with Crippen molar-refractivity contribution in [3.05, 3.63) is 0 Å². The van der Waals surface area contributed by atoms with Gasteiger partial charge in [-0.25, -0.2) is 0 Å². The zero-order valence-electron chi connectivity index (χ0n) is 20.8. The van der Waals surface area contributed by atoms with E-state index >= 15 is 0 Å². The van der Waals surface area contributed by atoms with E-state index < -0.39 is 0 Å². The molecule has 0 aliphatic carbocycles. The largest absolute Gasteiger partial charge is 0.379 e. The second kappa shape index (κ2) is 25.6. The Balaban J connectivity index is 0. The highest BCUT2D eigenvalue weighted by atomic mass is 16.5. The lowest BCUT2D eigenvalue weighted by molar-refractivity contribution is -0.107. The minimum atomic E-state index is 0.0417. The van der Waals surface area contributed by atoms with E-state index in [4.69, 9.17) is 4.74 Å². The van der Waals surface area contributed by atoms with Crippen LogP contribution >= 0.6 is 0 Å². The first-order valence-electron chi connectivity index (χ1n) is 12.6. The summed E-state index contributed by atoms with van der Waals surface area (Å²) in [7, 11) is 3.75. The molecule has 0 radical (unpaired) electrons. The van der Waals surface area contributed by atoms with Gasteiger partial charge in [0.15, 0.2) is 0 Å². The number of carbonyl (C=O) groups excluding carboxylic acids is 1. The molecule has 0 unspecified atom stereocenters. The van der Waals surface area contributed by atoms with Crippen LogP contribution in [-0.4, -0.2) is 32.6 Å². The molecule has 3 heteroatoms. The predicted molar refractivity (Wildman–Crippen MR) is 130 cm³/mol. The molecule has 0 aromatic rings. The third-order valence-electron chi connectivity index (χ3n) is 5.36. The molecule has 0 spiro atoms. The molecular weight excluding hydrogens is 358 g/mol. The monoisotopic (exact) mass is 413 g/mol. The van der Waals surface area contributed by atoms with Gasteiger partial charge >= 0.3 is 0 Å². The van der Waals surface area contributed by atoms with E-state index in [1.165, 1.54) is 109 Å². The van der Waals surface area contributed by atoms with Crippen LogP contribution in [0.25, 0.3) is 0 Å². The fourth-order valence-corrected chi connectivity index (χ4v) is 3.18. The molecule has 1 N–H and O–H groups in total. The van der Waals surface area contributed by atoms with Gasteiger partial charge in [0.25, 0.3) is 0 Å². The molecule has 3 nitrogen and oxygen atoms in total. The third-order valence-corrected chi connectivity index (χ3v) is 5.36. The first kappa shape index (κ1) is 30.8. The van der Waals surface area contributed by atoms with Crippen molar-refractivity contribution in [2.75, 3.05) is 20.7 Å². The Kier molecular flexibility index (Phi) is 27.2. The Labute approximate surface area is 184 Å². The average molecular weight is 414 g/mol. The van der Waals surface area contributed by atoms with E-state index in [1.807, 2.05) is 27.8 Å². The molecule has 0 aliphatic heterocycles. The van der Waals surface area contributed by atoms with E-state index in [9.17, 15) is 4.79 Å². The first-order valence-corrected chi connectivity index (χ1v) is 12.6. The summed E-state index contributed by atoms with van der Waals surface area (Å²) in [6.45, 7) is 7.24. The third kappa shape index (κ3) is 35.4. The maximum atomic E-state index is 10.2. The molecule has 0 aliphatic rings. The van der Waals surface area contributed by atoms with Crippen molar-refractivity contribution in [1.29, 1.82) is 0 Å². The van der Waals surface area contributed by atoms with Crippen LogP contribution in [0.4, 0.5) is 0 Å². The van der Waals surface area contributed by atoms with Crippen LogP contribution in [0, 0.1) is 0 Å². The highest BCUT2D eigenvalue weighted by Gasteiger charge is 2.04. The molecule has 0 rings (SSSR count). The van der Waals surface area contributed by atoms with E-state index in [-0.39, 0.29) is 5.60 Å². The van der Waals surface area contributed by atoms with Crippen LogP contribution in [-0.2, 0) is 9.53 Å². The fraction of sp³-hybridized carbons (Fsp3) is 0.962. The van der Waals surface area contributed by atoms with Crippen molar-refractivity contribution in [3.63, 3.8) is 0 Å². The van der Waals surface area contributed by atoms with Gasteiger partial charge < -0.3 is 14.8 Å². The van der Waals surface area contributed by atoms with Gasteiger partial charge in [0.05, 0.1) is 5.60 Å². The van der Waals surface area contributed by atoms with E-state index in [0.717, 1.165) is 19.1 Å². The van der Waals surface area contributed by atoms with Crippen LogP contribution in [0.5, 0.6) is 0 Å². The smallest absolute Gasteiger partial charge is 0.119 e. The predicted octanol–water partition coefficient (Wildman–Crippen LogP) is 7.86. The van der Waals surface area contributed by atoms with Crippen LogP contribution in [0.15, 0.2) is 0 Å². The summed E-state index contributed by atoms with van der Waals surface area (Å²) in [5.41, 5.74) is 0.0417. The molecule has 0 heterocycles. The minimum absolute atomic E-state index is 0.0417. The van der Waals surface area contributed by atoms with Crippen molar-refractivity contribution < 1.29 is 9.53 Å². The lowest BCUT2D eigenvalue weighted by Gasteiger charge is -2.14. The summed E-state index contributed by atoms with van der Waals surface area (Å²) in [6, 6.07) is 0. The molecule has 176 valence electrons. The zero-order valence-corrected chi connectivity index (χ0v) is 20.8. The van der Waals surface area contributed by atoms with Crippen molar-refractivity contribution in [2.45, 2.75) is 142 Å². The Morgan fingerprint density at radius 1 is 0.621 bits per heavy atom. The quantitative estimate of drug-likeness (QED) is 0.163. The van der Waals surface area contributed by atoms with Gasteiger partial charge in [-0.15, -0.1) is 0 Å². The van der Waals surface area contributed by atoms with Crippen LogP contribution in [0.2, 0.25) is 0 Å². The maximum absolute atomic E-state index is 10.2. The summed E-state index contributed by atoms with van der Waals surface area (Å²) in [5, 5.41) is 3.21. The molecule has 0 saturated carbocycles. The second-order valence-corrected chi connectivity index (χ2v) is 9.39. The lowest BCUT2D eigenvalue weighted by Crippen LogP contribution is -2.15. The fourth-order valence-electron chi connectivity index (χ4n) is 3.18. The molecule has 0 aromatic carbocycles. The SMILES string of the molecule is CNCCCCCCCCCCCCCCCCCCCC=O.COC(C)(C)C. The summed E-state index contributed by atoms with van der Waals surface area (Å²) >= 11 is 0. The summed E-state index contributed by atoms with van der Waals surface area (Å²) in [4.78, 5) is 10.2. The van der Waals surface area contributed by atoms with Gasteiger partial charge in [0.2, 0.25) is 0 Å². The topological polar surface area (TPSA) is 38.3 Å². The first-order chi connectivity index (χ1) is 14.0. The molecule has 0 fully saturated rings. The second-order valence-electron chi connectivity index (χ2n) is 9.39. The summed E-state index contributed by atoms with van der Waals surface area (Å²) in [6.07, 6.45) is 25.4. The Hall–Kier alpha value is -0.410. The van der Waals surface area contributed by atoms with Gasteiger partial charge in [0, 0.05) is 13.5 Å². The highest BCUT2D eigenvalue weighted by molar-refractivity contribution is 5.48. The minimum Gasteiger partial charge on any atom is -0.379 e. The molecule has 0 bridgehead atoms. The number of aldehydes is 1. The van der Waals surface area contributed by atoms with E-state index in [0.29, 0.717) is 0 Å². The number of nitrogens with one attached hydrogen (secondary N) is 1. The Morgan fingerprint density at radius 2 is 0.897 bits per heavy atom. The van der Waals surface area contributed by atoms with Crippen LogP contribution < -0.4 is 5.32 Å². The molecule has 0 aromatic heterocycles. The van der Waals surface area contributed by atoms with Gasteiger partial charge in [-0.05, 0) is 47.2 Å².